The summed E-state index contributed by atoms with van der Waals surface area (Å²) in [6, 6.07) is 8.16. The van der Waals surface area contributed by atoms with Gasteiger partial charge in [0.1, 0.15) is 11.3 Å². The Labute approximate surface area is 117 Å². The van der Waals surface area contributed by atoms with Crippen molar-refractivity contribution in [3.63, 3.8) is 0 Å². The monoisotopic (exact) mass is 271 g/mol. The van der Waals surface area contributed by atoms with Crippen LogP contribution >= 0.6 is 0 Å². The van der Waals surface area contributed by atoms with Crippen LogP contribution in [0, 0.1) is 0 Å². The van der Waals surface area contributed by atoms with Crippen molar-refractivity contribution in [3.8, 4) is 0 Å². The summed E-state index contributed by atoms with van der Waals surface area (Å²) in [5.41, 5.74) is 2.20. The lowest BCUT2D eigenvalue weighted by atomic mass is 10.1. The topological polar surface area (TPSA) is 64.1 Å². The third-order valence-corrected chi connectivity index (χ3v) is 3.34. The molecule has 104 valence electrons. The maximum absolute atomic E-state index is 5.87. The SMILES string of the molecule is CCc1oc2ccccc2c1CNCCc1ncon1. The molecule has 0 saturated carbocycles. The summed E-state index contributed by atoms with van der Waals surface area (Å²) in [5, 5.41) is 8.39. The number of hydrogen-bond donors (Lipinski definition) is 1. The van der Waals surface area contributed by atoms with Crippen LogP contribution in [0.25, 0.3) is 11.0 Å². The number of hydrogen-bond acceptors (Lipinski definition) is 5. The summed E-state index contributed by atoms with van der Waals surface area (Å²) < 4.78 is 10.6. The van der Waals surface area contributed by atoms with Crippen molar-refractivity contribution in [1.82, 2.24) is 15.5 Å². The van der Waals surface area contributed by atoms with E-state index in [2.05, 4.69) is 28.4 Å². The van der Waals surface area contributed by atoms with E-state index in [9.17, 15) is 0 Å². The molecule has 3 rings (SSSR count). The lowest BCUT2D eigenvalue weighted by Crippen LogP contribution is -2.17. The summed E-state index contributed by atoms with van der Waals surface area (Å²) in [5.74, 6) is 1.78. The Morgan fingerprint density at radius 3 is 2.95 bits per heavy atom. The van der Waals surface area contributed by atoms with E-state index < -0.39 is 0 Å². The number of aromatic nitrogens is 2. The van der Waals surface area contributed by atoms with Crippen LogP contribution in [0.5, 0.6) is 0 Å². The molecule has 0 unspecified atom stereocenters. The van der Waals surface area contributed by atoms with Crippen molar-refractivity contribution in [2.45, 2.75) is 26.3 Å². The van der Waals surface area contributed by atoms with Crippen molar-refractivity contribution in [1.29, 1.82) is 0 Å². The highest BCUT2D eigenvalue weighted by Gasteiger charge is 2.11. The van der Waals surface area contributed by atoms with Gasteiger partial charge in [-0.2, -0.15) is 4.98 Å². The second-order valence-electron chi connectivity index (χ2n) is 4.63. The lowest BCUT2D eigenvalue weighted by Gasteiger charge is -2.03. The number of rotatable bonds is 6. The van der Waals surface area contributed by atoms with E-state index in [4.69, 9.17) is 8.94 Å². The first-order valence-electron chi connectivity index (χ1n) is 6.83. The number of benzene rings is 1. The standard InChI is InChI=1S/C15H17N3O2/c1-2-13-12(11-5-3-4-6-14(11)20-13)9-16-8-7-15-17-10-19-18-15/h3-6,10,16H,2,7-9H2,1H3. The molecule has 1 N–H and O–H groups in total. The number of nitrogens with zero attached hydrogens (tertiary/aromatic N) is 2. The lowest BCUT2D eigenvalue weighted by molar-refractivity contribution is 0.409. The molecule has 0 aliphatic rings. The minimum Gasteiger partial charge on any atom is -0.461 e. The van der Waals surface area contributed by atoms with Crippen molar-refractivity contribution in [2.75, 3.05) is 6.54 Å². The zero-order valence-electron chi connectivity index (χ0n) is 11.4. The fourth-order valence-electron chi connectivity index (χ4n) is 2.35. The van der Waals surface area contributed by atoms with Crippen molar-refractivity contribution in [2.24, 2.45) is 0 Å². The van der Waals surface area contributed by atoms with Crippen LogP contribution in [0.2, 0.25) is 0 Å². The molecular weight excluding hydrogens is 254 g/mol. The molecule has 0 amide bonds. The molecule has 0 bridgehead atoms. The Morgan fingerprint density at radius 2 is 2.15 bits per heavy atom. The van der Waals surface area contributed by atoms with Gasteiger partial charge < -0.3 is 14.3 Å². The first-order valence-corrected chi connectivity index (χ1v) is 6.83. The number of aryl methyl sites for hydroxylation is 1. The van der Waals surface area contributed by atoms with E-state index in [0.717, 1.165) is 43.1 Å². The largest absolute Gasteiger partial charge is 0.461 e. The first kappa shape index (κ1) is 12.9. The third-order valence-electron chi connectivity index (χ3n) is 3.34. The summed E-state index contributed by atoms with van der Waals surface area (Å²) in [7, 11) is 0. The fraction of sp³-hybridized carbons (Fsp3) is 0.333. The van der Waals surface area contributed by atoms with Crippen LogP contribution in [-0.2, 0) is 19.4 Å². The van der Waals surface area contributed by atoms with E-state index in [-0.39, 0.29) is 0 Å². The maximum Gasteiger partial charge on any atom is 0.213 e. The van der Waals surface area contributed by atoms with Gasteiger partial charge in [-0.3, -0.25) is 0 Å². The number of nitrogens with one attached hydrogen (secondary N) is 1. The van der Waals surface area contributed by atoms with Gasteiger partial charge in [-0.25, -0.2) is 0 Å². The number of fused-ring (bicyclic) bond motifs is 1. The summed E-state index contributed by atoms with van der Waals surface area (Å²) in [6.07, 6.45) is 3.01. The van der Waals surface area contributed by atoms with Gasteiger partial charge in [-0.05, 0) is 6.07 Å². The van der Waals surface area contributed by atoms with Gasteiger partial charge in [-0.1, -0.05) is 30.3 Å². The van der Waals surface area contributed by atoms with Crippen LogP contribution < -0.4 is 5.32 Å². The smallest absolute Gasteiger partial charge is 0.213 e. The molecule has 1 aromatic carbocycles. The number of para-hydroxylation sites is 1. The van der Waals surface area contributed by atoms with Crippen LogP contribution in [0.4, 0.5) is 0 Å². The molecule has 5 heteroatoms. The van der Waals surface area contributed by atoms with Crippen LogP contribution in [0.15, 0.2) is 39.6 Å². The minimum absolute atomic E-state index is 0.727. The van der Waals surface area contributed by atoms with E-state index in [1.165, 1.54) is 17.3 Å². The quantitative estimate of drug-likeness (QED) is 0.698. The molecule has 20 heavy (non-hydrogen) atoms. The zero-order valence-corrected chi connectivity index (χ0v) is 11.4. The van der Waals surface area contributed by atoms with Crippen molar-refractivity contribution < 1.29 is 8.94 Å². The van der Waals surface area contributed by atoms with Crippen molar-refractivity contribution in [3.05, 3.63) is 47.8 Å². The van der Waals surface area contributed by atoms with Crippen LogP contribution in [0.1, 0.15) is 24.1 Å². The Hall–Kier alpha value is -2.14. The van der Waals surface area contributed by atoms with Crippen LogP contribution in [-0.4, -0.2) is 16.7 Å². The van der Waals surface area contributed by atoms with Crippen molar-refractivity contribution >= 4 is 11.0 Å². The Kier molecular flexibility index (Phi) is 3.78. The van der Waals surface area contributed by atoms with E-state index >= 15 is 0 Å². The third kappa shape index (κ3) is 2.58. The normalized spacial score (nSPS) is 11.2. The maximum atomic E-state index is 5.87. The fourth-order valence-corrected chi connectivity index (χ4v) is 2.35. The Morgan fingerprint density at radius 1 is 1.25 bits per heavy atom. The molecule has 0 atom stereocenters. The predicted octanol–water partition coefficient (Wildman–Crippen LogP) is 2.71. The summed E-state index contributed by atoms with van der Waals surface area (Å²) in [6.45, 7) is 3.71. The molecule has 2 heterocycles. The van der Waals surface area contributed by atoms with Gasteiger partial charge in [0.2, 0.25) is 6.39 Å². The second kappa shape index (κ2) is 5.88. The van der Waals surface area contributed by atoms with Gasteiger partial charge in [-0.15, -0.1) is 0 Å². The van der Waals surface area contributed by atoms with Gasteiger partial charge in [0.15, 0.2) is 5.82 Å². The number of furan rings is 1. The Bertz CT molecular complexity index is 674. The van der Waals surface area contributed by atoms with Gasteiger partial charge >= 0.3 is 0 Å². The second-order valence-corrected chi connectivity index (χ2v) is 4.63. The molecule has 0 radical (unpaired) electrons. The highest BCUT2D eigenvalue weighted by Crippen LogP contribution is 2.26. The minimum atomic E-state index is 0.727. The summed E-state index contributed by atoms with van der Waals surface area (Å²) in [4.78, 5) is 4.00. The van der Waals surface area contributed by atoms with Gasteiger partial charge in [0.25, 0.3) is 0 Å². The predicted molar refractivity (Wildman–Crippen MR) is 75.3 cm³/mol. The van der Waals surface area contributed by atoms with Crippen LogP contribution in [0.3, 0.4) is 0 Å². The molecule has 0 fully saturated rings. The van der Waals surface area contributed by atoms with Gasteiger partial charge in [0.05, 0.1) is 0 Å². The molecule has 0 spiro atoms. The molecular formula is C15H17N3O2. The zero-order chi connectivity index (χ0) is 13.8. The highest BCUT2D eigenvalue weighted by molar-refractivity contribution is 5.82. The average Bonchev–Trinajstić information content (AvgIpc) is 3.11. The molecule has 3 aromatic rings. The van der Waals surface area contributed by atoms with Gasteiger partial charge in [0, 0.05) is 36.9 Å². The molecule has 0 saturated heterocycles. The van der Waals surface area contributed by atoms with E-state index in [1.807, 2.05) is 18.2 Å². The summed E-state index contributed by atoms with van der Waals surface area (Å²) >= 11 is 0. The van der Waals surface area contributed by atoms with E-state index in [0.29, 0.717) is 0 Å². The average molecular weight is 271 g/mol. The van der Waals surface area contributed by atoms with E-state index in [1.54, 1.807) is 0 Å². The highest BCUT2D eigenvalue weighted by atomic mass is 16.5. The Balaban J connectivity index is 1.67. The molecule has 2 aromatic heterocycles. The molecule has 0 aliphatic carbocycles. The molecule has 5 nitrogen and oxygen atoms in total. The first-order chi connectivity index (χ1) is 9.88. The molecule has 0 aliphatic heterocycles.